The molecule has 0 radical (unpaired) electrons. The molecule has 1 N–H and O–H groups in total. The summed E-state index contributed by atoms with van der Waals surface area (Å²) in [7, 11) is 0. The summed E-state index contributed by atoms with van der Waals surface area (Å²) >= 11 is 0. The molecule has 0 aliphatic carbocycles. The maximum absolute atomic E-state index is 13.1. The lowest BCUT2D eigenvalue weighted by Crippen LogP contribution is -3.11. The summed E-state index contributed by atoms with van der Waals surface area (Å²) in [6.07, 6.45) is 3.72. The summed E-state index contributed by atoms with van der Waals surface area (Å²) < 4.78 is 5.74. The molecular weight excluding hydrogens is 370 g/mol. The van der Waals surface area contributed by atoms with Crippen molar-refractivity contribution < 1.29 is 24.0 Å². The minimum Gasteiger partial charge on any atom is -0.872 e. The van der Waals surface area contributed by atoms with Crippen LogP contribution in [0, 0.1) is 6.92 Å². The monoisotopic (exact) mass is 397 g/mol. The van der Waals surface area contributed by atoms with Crippen molar-refractivity contribution in [2.45, 2.75) is 33.2 Å². The van der Waals surface area contributed by atoms with E-state index in [1.54, 1.807) is 31.2 Å². The molecular formula is C22H27N3O4. The van der Waals surface area contributed by atoms with Crippen LogP contribution in [0.4, 0.5) is 0 Å². The van der Waals surface area contributed by atoms with E-state index in [0.29, 0.717) is 23.6 Å². The van der Waals surface area contributed by atoms with E-state index in [4.69, 9.17) is 4.42 Å². The molecule has 1 atom stereocenters. The molecule has 1 aliphatic heterocycles. The number of ketones is 1. The minimum absolute atomic E-state index is 0.0502. The molecule has 29 heavy (non-hydrogen) atoms. The van der Waals surface area contributed by atoms with E-state index in [0.717, 1.165) is 26.1 Å². The number of rotatable bonds is 8. The maximum atomic E-state index is 13.1. The van der Waals surface area contributed by atoms with Crippen molar-refractivity contribution in [1.29, 1.82) is 0 Å². The third kappa shape index (κ3) is 4.24. The fourth-order valence-corrected chi connectivity index (χ4v) is 3.76. The molecule has 1 saturated heterocycles. The van der Waals surface area contributed by atoms with Crippen LogP contribution in [0.5, 0.6) is 0 Å². The highest BCUT2D eigenvalue weighted by Crippen LogP contribution is 2.39. The molecule has 0 saturated carbocycles. The first-order valence-corrected chi connectivity index (χ1v) is 10.0. The SMILES string of the molecule is CC[NH+](CC)CCCN1C(=O)C(=O)C(=C([O-])c2ccncc2)C1c1ccc(C)o1. The zero-order chi connectivity index (χ0) is 21.0. The second-order valence-electron chi connectivity index (χ2n) is 7.22. The number of nitrogens with zero attached hydrogens (tertiary/aromatic N) is 2. The number of carbonyl (C=O) groups is 2. The number of aryl methyl sites for hydroxylation is 1. The van der Waals surface area contributed by atoms with Crippen LogP contribution in [0.2, 0.25) is 0 Å². The van der Waals surface area contributed by atoms with Gasteiger partial charge in [-0.1, -0.05) is 5.76 Å². The minimum atomic E-state index is -0.795. The molecule has 0 aromatic carbocycles. The third-order valence-corrected chi connectivity index (χ3v) is 5.43. The smallest absolute Gasteiger partial charge is 0.295 e. The molecule has 2 aromatic rings. The largest absolute Gasteiger partial charge is 0.872 e. The molecule has 2 aromatic heterocycles. The third-order valence-electron chi connectivity index (χ3n) is 5.43. The van der Waals surface area contributed by atoms with Crippen LogP contribution in [0.15, 0.2) is 46.6 Å². The summed E-state index contributed by atoms with van der Waals surface area (Å²) in [6, 6.07) is 5.80. The number of carbonyl (C=O) groups excluding carboxylic acids is 2. The number of furan rings is 1. The zero-order valence-corrected chi connectivity index (χ0v) is 17.1. The molecule has 7 nitrogen and oxygen atoms in total. The molecule has 1 unspecified atom stereocenters. The Morgan fingerprint density at radius 3 is 2.45 bits per heavy atom. The standard InChI is InChI=1S/C22H27N3O4/c1-4-24(5-2)13-6-14-25-19(17-8-7-15(3)29-17)18(21(27)22(25)28)20(26)16-9-11-23-12-10-16/h7-12,19,26H,4-6,13-14H2,1-3H3. The quantitative estimate of drug-likeness (QED) is 0.398. The number of pyridine rings is 1. The molecule has 1 amide bonds. The van der Waals surface area contributed by atoms with Gasteiger partial charge in [0.1, 0.15) is 17.6 Å². The first kappa shape index (κ1) is 20.8. The van der Waals surface area contributed by atoms with Gasteiger partial charge in [0.15, 0.2) is 0 Å². The first-order valence-electron chi connectivity index (χ1n) is 10.0. The van der Waals surface area contributed by atoms with Gasteiger partial charge in [-0.25, -0.2) is 0 Å². The Balaban J connectivity index is 1.97. The van der Waals surface area contributed by atoms with Gasteiger partial charge in [-0.3, -0.25) is 14.6 Å². The second-order valence-corrected chi connectivity index (χ2v) is 7.22. The average molecular weight is 397 g/mol. The number of likely N-dealkylation sites (tertiary alicyclic amines) is 1. The van der Waals surface area contributed by atoms with E-state index in [-0.39, 0.29) is 5.57 Å². The summed E-state index contributed by atoms with van der Waals surface area (Å²) in [6.45, 7) is 9.33. The number of Topliss-reactive ketones (excluding diaryl/α,β-unsaturated/α-hetero) is 1. The summed E-state index contributed by atoms with van der Waals surface area (Å²) in [5, 5.41) is 13.1. The molecule has 1 fully saturated rings. The average Bonchev–Trinajstić information content (AvgIpc) is 3.27. The van der Waals surface area contributed by atoms with Gasteiger partial charge in [-0.05, 0) is 50.6 Å². The lowest BCUT2D eigenvalue weighted by molar-refractivity contribution is -0.896. The Labute approximate surface area is 170 Å². The highest BCUT2D eigenvalue weighted by Gasteiger charge is 2.45. The van der Waals surface area contributed by atoms with Crippen molar-refractivity contribution in [2.75, 3.05) is 26.2 Å². The number of hydrogen-bond acceptors (Lipinski definition) is 5. The van der Waals surface area contributed by atoms with Crippen molar-refractivity contribution >= 4 is 17.4 Å². The second kappa shape index (κ2) is 9.05. The molecule has 3 rings (SSSR count). The van der Waals surface area contributed by atoms with Crippen molar-refractivity contribution in [3.63, 3.8) is 0 Å². The molecule has 1 aliphatic rings. The van der Waals surface area contributed by atoms with Crippen LogP contribution in [0.25, 0.3) is 5.76 Å². The lowest BCUT2D eigenvalue weighted by atomic mass is 10.00. The Kier molecular flexibility index (Phi) is 6.49. The number of quaternary nitrogens is 1. The first-order chi connectivity index (χ1) is 14.0. The normalized spacial score (nSPS) is 18.8. The number of amides is 1. The highest BCUT2D eigenvalue weighted by atomic mass is 16.3. The van der Waals surface area contributed by atoms with Crippen molar-refractivity contribution in [1.82, 2.24) is 9.88 Å². The summed E-state index contributed by atoms with van der Waals surface area (Å²) in [5.41, 5.74) is 0.282. The van der Waals surface area contributed by atoms with Crippen LogP contribution in [0.1, 0.15) is 43.4 Å². The Morgan fingerprint density at radius 1 is 1.17 bits per heavy atom. The topological polar surface area (TPSA) is 90.9 Å². The van der Waals surface area contributed by atoms with Crippen LogP contribution >= 0.6 is 0 Å². The number of aromatic nitrogens is 1. The molecule has 7 heteroatoms. The van der Waals surface area contributed by atoms with Gasteiger partial charge in [-0.2, -0.15) is 0 Å². The predicted molar refractivity (Wildman–Crippen MR) is 106 cm³/mol. The fourth-order valence-electron chi connectivity index (χ4n) is 3.76. The summed E-state index contributed by atoms with van der Waals surface area (Å²) in [5.74, 6) is -0.747. The van der Waals surface area contributed by atoms with Crippen LogP contribution in [-0.2, 0) is 9.59 Å². The number of hydrogen-bond donors (Lipinski definition) is 1. The van der Waals surface area contributed by atoms with E-state index in [2.05, 4.69) is 18.8 Å². The van der Waals surface area contributed by atoms with Gasteiger partial charge >= 0.3 is 0 Å². The van der Waals surface area contributed by atoms with Crippen LogP contribution in [-0.4, -0.2) is 47.8 Å². The molecule has 3 heterocycles. The van der Waals surface area contributed by atoms with E-state index < -0.39 is 23.5 Å². The van der Waals surface area contributed by atoms with Crippen LogP contribution < -0.4 is 10.0 Å². The predicted octanol–water partition coefficient (Wildman–Crippen LogP) is 0.522. The van der Waals surface area contributed by atoms with E-state index in [1.165, 1.54) is 22.2 Å². The van der Waals surface area contributed by atoms with E-state index >= 15 is 0 Å². The van der Waals surface area contributed by atoms with E-state index in [1.807, 2.05) is 0 Å². The molecule has 0 spiro atoms. The zero-order valence-electron chi connectivity index (χ0n) is 17.1. The number of nitrogens with one attached hydrogen (secondary N) is 1. The van der Waals surface area contributed by atoms with Gasteiger partial charge in [0, 0.05) is 30.9 Å². The fraction of sp³-hybridized carbons (Fsp3) is 0.409. The molecule has 0 bridgehead atoms. The Bertz CT molecular complexity index is 900. The van der Waals surface area contributed by atoms with Crippen molar-refractivity contribution in [3.05, 3.63) is 59.3 Å². The van der Waals surface area contributed by atoms with Crippen LogP contribution in [0.3, 0.4) is 0 Å². The lowest BCUT2D eigenvalue weighted by Gasteiger charge is -2.26. The maximum Gasteiger partial charge on any atom is 0.295 e. The summed E-state index contributed by atoms with van der Waals surface area (Å²) in [4.78, 5) is 32.4. The van der Waals surface area contributed by atoms with Gasteiger partial charge in [0.25, 0.3) is 5.91 Å². The Morgan fingerprint density at radius 2 is 1.86 bits per heavy atom. The van der Waals surface area contributed by atoms with Gasteiger partial charge in [0.05, 0.1) is 19.6 Å². The van der Waals surface area contributed by atoms with Crippen molar-refractivity contribution in [2.24, 2.45) is 0 Å². The highest BCUT2D eigenvalue weighted by molar-refractivity contribution is 6.46. The van der Waals surface area contributed by atoms with Gasteiger partial charge < -0.3 is 19.3 Å². The molecule has 154 valence electrons. The van der Waals surface area contributed by atoms with Gasteiger partial charge in [-0.15, -0.1) is 0 Å². The van der Waals surface area contributed by atoms with Crippen molar-refractivity contribution in [3.8, 4) is 0 Å². The van der Waals surface area contributed by atoms with E-state index in [9.17, 15) is 14.7 Å². The van der Waals surface area contributed by atoms with Gasteiger partial charge in [0.2, 0.25) is 5.78 Å². The Hall–Kier alpha value is -2.93.